The SMILES string of the molecule is C=C(OC)/C(F)=C(/F)C(=C)C(C)CCC(C)COc1ccc(O)c(F)c1.C=CC. The van der Waals surface area contributed by atoms with Crippen LogP contribution in [0.15, 0.2) is 67.0 Å². The Morgan fingerprint density at radius 2 is 1.76 bits per heavy atom. The summed E-state index contributed by atoms with van der Waals surface area (Å²) < 4.78 is 51.1. The summed E-state index contributed by atoms with van der Waals surface area (Å²) in [5.74, 6) is -3.61. The Labute approximate surface area is 171 Å². The molecule has 0 aliphatic heterocycles. The fraction of sp³-hybridized carbons (Fsp3) is 0.391. The maximum absolute atomic E-state index is 14.0. The topological polar surface area (TPSA) is 38.7 Å². The van der Waals surface area contributed by atoms with E-state index in [9.17, 15) is 13.2 Å². The minimum Gasteiger partial charge on any atom is -0.505 e. The molecule has 0 spiro atoms. The molecular formula is C23H31F3O3. The van der Waals surface area contributed by atoms with Crippen LogP contribution in [0.1, 0.15) is 33.6 Å². The maximum Gasteiger partial charge on any atom is 0.200 e. The first-order valence-corrected chi connectivity index (χ1v) is 9.24. The molecule has 29 heavy (non-hydrogen) atoms. The third-order valence-corrected chi connectivity index (χ3v) is 4.11. The zero-order valence-electron chi connectivity index (χ0n) is 17.6. The predicted molar refractivity (Wildman–Crippen MR) is 112 cm³/mol. The quantitative estimate of drug-likeness (QED) is 0.255. The van der Waals surface area contributed by atoms with E-state index in [0.717, 1.165) is 6.07 Å². The van der Waals surface area contributed by atoms with Gasteiger partial charge in [0.05, 0.1) is 13.7 Å². The van der Waals surface area contributed by atoms with Crippen LogP contribution < -0.4 is 4.74 Å². The Bertz CT molecular complexity index is 726. The van der Waals surface area contributed by atoms with E-state index >= 15 is 0 Å². The van der Waals surface area contributed by atoms with Crippen molar-refractivity contribution in [2.75, 3.05) is 13.7 Å². The summed E-state index contributed by atoms with van der Waals surface area (Å²) in [6.45, 7) is 16.2. The lowest BCUT2D eigenvalue weighted by Crippen LogP contribution is -2.11. The van der Waals surface area contributed by atoms with Gasteiger partial charge in [0, 0.05) is 6.07 Å². The molecule has 1 N–H and O–H groups in total. The number of halogens is 3. The summed E-state index contributed by atoms with van der Waals surface area (Å²) in [6.07, 6.45) is 3.01. The lowest BCUT2D eigenvalue weighted by Gasteiger charge is -2.18. The summed E-state index contributed by atoms with van der Waals surface area (Å²) >= 11 is 0. The number of aromatic hydroxyl groups is 1. The number of hydrogen-bond acceptors (Lipinski definition) is 3. The molecule has 6 heteroatoms. The average molecular weight is 412 g/mol. The van der Waals surface area contributed by atoms with Gasteiger partial charge in [0.2, 0.25) is 0 Å². The molecule has 1 rings (SSSR count). The van der Waals surface area contributed by atoms with Gasteiger partial charge in [0.1, 0.15) is 11.5 Å². The van der Waals surface area contributed by atoms with Crippen molar-refractivity contribution in [1.82, 2.24) is 0 Å². The monoisotopic (exact) mass is 412 g/mol. The molecule has 0 aliphatic carbocycles. The van der Waals surface area contributed by atoms with Crippen molar-refractivity contribution < 1.29 is 27.8 Å². The van der Waals surface area contributed by atoms with E-state index in [1.54, 1.807) is 13.0 Å². The van der Waals surface area contributed by atoms with Gasteiger partial charge in [-0.15, -0.1) is 6.58 Å². The molecule has 162 valence electrons. The third-order valence-electron chi connectivity index (χ3n) is 4.11. The maximum atomic E-state index is 14.0. The highest BCUT2D eigenvalue weighted by atomic mass is 19.2. The van der Waals surface area contributed by atoms with E-state index in [1.807, 2.05) is 13.8 Å². The first-order chi connectivity index (χ1) is 13.6. The summed E-state index contributed by atoms with van der Waals surface area (Å²) in [6, 6.07) is 3.80. The van der Waals surface area contributed by atoms with Crippen molar-refractivity contribution in [3.8, 4) is 11.5 Å². The molecule has 0 radical (unpaired) electrons. The highest BCUT2D eigenvalue weighted by molar-refractivity contribution is 5.33. The Morgan fingerprint density at radius 3 is 2.28 bits per heavy atom. The molecule has 0 fully saturated rings. The van der Waals surface area contributed by atoms with Crippen molar-refractivity contribution >= 4 is 0 Å². The third kappa shape index (κ3) is 9.41. The van der Waals surface area contributed by atoms with Crippen LogP contribution in [0.4, 0.5) is 13.2 Å². The van der Waals surface area contributed by atoms with Crippen molar-refractivity contribution in [2.24, 2.45) is 11.8 Å². The van der Waals surface area contributed by atoms with Crippen LogP contribution in [-0.2, 0) is 4.74 Å². The highest BCUT2D eigenvalue weighted by Gasteiger charge is 2.19. The van der Waals surface area contributed by atoms with Gasteiger partial charge in [-0.05, 0) is 49.3 Å². The van der Waals surface area contributed by atoms with E-state index in [4.69, 9.17) is 9.84 Å². The number of hydrogen-bond donors (Lipinski definition) is 1. The number of phenolic OH excluding ortho intramolecular Hbond substituents is 1. The second-order valence-electron chi connectivity index (χ2n) is 6.70. The smallest absolute Gasteiger partial charge is 0.200 e. The molecule has 3 nitrogen and oxygen atoms in total. The van der Waals surface area contributed by atoms with E-state index in [1.165, 1.54) is 19.2 Å². The standard InChI is InChI=1S/C20H25F3O3.C3H6/c1-12(11-26-16-8-9-18(24)17(21)10-16)6-7-13(2)14(3)19(22)20(23)15(4)25-5;1-3-2/h8-10,12-13,24H,3-4,6-7,11H2,1-2,5H3;3H,1H2,2H3/b20-19-;. The molecule has 0 amide bonds. The van der Waals surface area contributed by atoms with Crippen molar-refractivity contribution in [3.63, 3.8) is 0 Å². The van der Waals surface area contributed by atoms with Crippen molar-refractivity contribution in [1.29, 1.82) is 0 Å². The van der Waals surface area contributed by atoms with Crippen molar-refractivity contribution in [3.05, 3.63) is 72.8 Å². The lowest BCUT2D eigenvalue weighted by atomic mass is 9.92. The number of benzene rings is 1. The summed E-state index contributed by atoms with van der Waals surface area (Å²) in [5.41, 5.74) is 0.0504. The van der Waals surface area contributed by atoms with Crippen LogP contribution in [0, 0.1) is 17.7 Å². The van der Waals surface area contributed by atoms with E-state index in [2.05, 4.69) is 24.5 Å². The largest absolute Gasteiger partial charge is 0.505 e. The summed E-state index contributed by atoms with van der Waals surface area (Å²) in [5, 5.41) is 9.14. The Morgan fingerprint density at radius 1 is 1.17 bits per heavy atom. The van der Waals surface area contributed by atoms with Gasteiger partial charge in [0.15, 0.2) is 23.2 Å². The number of ether oxygens (including phenoxy) is 2. The number of allylic oxidation sites excluding steroid dienone is 4. The molecule has 2 unspecified atom stereocenters. The normalized spacial score (nSPS) is 13.2. The average Bonchev–Trinajstić information content (AvgIpc) is 2.71. The molecule has 0 aromatic heterocycles. The van der Waals surface area contributed by atoms with Gasteiger partial charge in [-0.1, -0.05) is 33.1 Å². The minimum absolute atomic E-state index is 0.0504. The zero-order valence-corrected chi connectivity index (χ0v) is 17.6. The van der Waals surface area contributed by atoms with Crippen LogP contribution in [0.3, 0.4) is 0 Å². The van der Waals surface area contributed by atoms with E-state index < -0.39 is 23.2 Å². The van der Waals surface area contributed by atoms with Gasteiger partial charge in [-0.2, -0.15) is 4.39 Å². The van der Waals surface area contributed by atoms with Crippen LogP contribution in [0.2, 0.25) is 0 Å². The van der Waals surface area contributed by atoms with Crippen LogP contribution in [-0.4, -0.2) is 18.8 Å². The lowest BCUT2D eigenvalue weighted by molar-refractivity contribution is 0.244. The fourth-order valence-corrected chi connectivity index (χ4v) is 2.18. The number of phenols is 1. The fourth-order valence-electron chi connectivity index (χ4n) is 2.18. The van der Waals surface area contributed by atoms with E-state index in [-0.39, 0.29) is 23.2 Å². The predicted octanol–water partition coefficient (Wildman–Crippen LogP) is 7.02. The van der Waals surface area contributed by atoms with Crippen LogP contribution in [0.25, 0.3) is 0 Å². The number of methoxy groups -OCH3 is 1. The molecule has 0 bridgehead atoms. The summed E-state index contributed by atoms with van der Waals surface area (Å²) in [7, 11) is 1.21. The highest BCUT2D eigenvalue weighted by Crippen LogP contribution is 2.30. The first-order valence-electron chi connectivity index (χ1n) is 9.24. The zero-order chi connectivity index (χ0) is 22.6. The first kappa shape index (κ1) is 26.4. The Balaban J connectivity index is 0.00000245. The summed E-state index contributed by atoms with van der Waals surface area (Å²) in [4.78, 5) is 0. The van der Waals surface area contributed by atoms with E-state index in [0.29, 0.717) is 25.2 Å². The van der Waals surface area contributed by atoms with Gasteiger partial charge in [0.25, 0.3) is 0 Å². The van der Waals surface area contributed by atoms with Crippen molar-refractivity contribution in [2.45, 2.75) is 33.6 Å². The molecule has 0 heterocycles. The molecule has 2 atom stereocenters. The molecule has 0 saturated heterocycles. The molecule has 0 aliphatic rings. The Kier molecular flexibility index (Phi) is 12.3. The second-order valence-corrected chi connectivity index (χ2v) is 6.70. The molecule has 1 aromatic rings. The minimum atomic E-state index is -1.14. The van der Waals surface area contributed by atoms with Crippen LogP contribution >= 0.6 is 0 Å². The van der Waals surface area contributed by atoms with Gasteiger partial charge in [-0.3, -0.25) is 0 Å². The number of rotatable bonds is 10. The Hall–Kier alpha value is -2.63. The molecular weight excluding hydrogens is 381 g/mol. The van der Waals surface area contributed by atoms with Crippen LogP contribution in [0.5, 0.6) is 11.5 Å². The molecule has 1 aromatic carbocycles. The second kappa shape index (κ2) is 13.5. The van der Waals surface area contributed by atoms with Gasteiger partial charge < -0.3 is 14.6 Å². The van der Waals surface area contributed by atoms with Gasteiger partial charge in [-0.25, -0.2) is 8.78 Å². The molecule has 0 saturated carbocycles. The van der Waals surface area contributed by atoms with Gasteiger partial charge >= 0.3 is 0 Å².